The van der Waals surface area contributed by atoms with Gasteiger partial charge in [-0.25, -0.2) is 4.79 Å². The number of rotatable bonds is 1. The summed E-state index contributed by atoms with van der Waals surface area (Å²) in [5.41, 5.74) is -0.306. The molecule has 0 bridgehead atoms. The molecule has 1 amide bonds. The van der Waals surface area contributed by atoms with Crippen molar-refractivity contribution in [1.82, 2.24) is 5.32 Å². The van der Waals surface area contributed by atoms with Crippen LogP contribution in [0.1, 0.15) is 20.8 Å². The van der Waals surface area contributed by atoms with Crippen molar-refractivity contribution in [2.45, 2.75) is 26.8 Å². The maximum absolute atomic E-state index is 11.1. The van der Waals surface area contributed by atoms with E-state index in [2.05, 4.69) is 5.32 Å². The van der Waals surface area contributed by atoms with Gasteiger partial charge in [0.2, 0.25) is 0 Å². The lowest BCUT2D eigenvalue weighted by Gasteiger charge is -2.36. The van der Waals surface area contributed by atoms with Gasteiger partial charge in [0.25, 0.3) is 0 Å². The lowest BCUT2D eigenvalue weighted by atomic mass is 9.82. The highest BCUT2D eigenvalue weighted by atomic mass is 16.6. The molecule has 1 aliphatic rings. The molecule has 12 heavy (non-hydrogen) atoms. The maximum Gasteiger partial charge on any atom is 0.407 e. The van der Waals surface area contributed by atoms with Crippen LogP contribution >= 0.6 is 0 Å². The fourth-order valence-corrected chi connectivity index (χ4v) is 1.34. The molecule has 1 atom stereocenters. The third-order valence-corrected chi connectivity index (χ3v) is 2.03. The van der Waals surface area contributed by atoms with Crippen LogP contribution in [0.3, 0.4) is 0 Å². The number of carbonyl (C=O) groups excluding carboxylic acids is 2. The summed E-state index contributed by atoms with van der Waals surface area (Å²) < 4.78 is 4.77. The van der Waals surface area contributed by atoms with Gasteiger partial charge in [-0.1, -0.05) is 13.8 Å². The number of hydrogen-bond donors (Lipinski definition) is 1. The average molecular weight is 171 g/mol. The summed E-state index contributed by atoms with van der Waals surface area (Å²) in [6, 6.07) is -0.418. The quantitative estimate of drug-likeness (QED) is 0.632. The molecule has 1 fully saturated rings. The molecule has 0 aromatic heterocycles. The van der Waals surface area contributed by atoms with Crippen molar-refractivity contribution in [3.05, 3.63) is 0 Å². The number of cyclic esters (lactones) is 1. The Labute approximate surface area is 71.3 Å². The molecular weight excluding hydrogens is 158 g/mol. The Hall–Kier alpha value is -1.06. The Morgan fingerprint density at radius 1 is 1.67 bits per heavy atom. The van der Waals surface area contributed by atoms with E-state index in [1.165, 1.54) is 6.92 Å². The van der Waals surface area contributed by atoms with Crippen molar-refractivity contribution in [2.75, 3.05) is 6.61 Å². The van der Waals surface area contributed by atoms with E-state index in [-0.39, 0.29) is 11.2 Å². The second-order valence-electron chi connectivity index (χ2n) is 3.75. The van der Waals surface area contributed by atoms with Crippen LogP contribution in [-0.2, 0) is 9.53 Å². The molecule has 0 saturated carbocycles. The van der Waals surface area contributed by atoms with E-state index in [4.69, 9.17) is 4.74 Å². The van der Waals surface area contributed by atoms with Crippen molar-refractivity contribution in [3.8, 4) is 0 Å². The molecule has 0 aliphatic carbocycles. The van der Waals surface area contributed by atoms with Gasteiger partial charge in [-0.05, 0) is 6.92 Å². The fourth-order valence-electron chi connectivity index (χ4n) is 1.34. The van der Waals surface area contributed by atoms with Gasteiger partial charge in [-0.2, -0.15) is 0 Å². The van der Waals surface area contributed by atoms with E-state index in [1.807, 2.05) is 13.8 Å². The Bertz CT molecular complexity index is 222. The van der Waals surface area contributed by atoms with E-state index in [1.54, 1.807) is 0 Å². The van der Waals surface area contributed by atoms with Gasteiger partial charge in [0, 0.05) is 5.41 Å². The van der Waals surface area contributed by atoms with Gasteiger partial charge in [-0.3, -0.25) is 4.79 Å². The van der Waals surface area contributed by atoms with Gasteiger partial charge in [0.1, 0.15) is 6.61 Å². The van der Waals surface area contributed by atoms with Crippen LogP contribution in [-0.4, -0.2) is 24.5 Å². The molecule has 0 aromatic rings. The van der Waals surface area contributed by atoms with E-state index in [0.29, 0.717) is 6.61 Å². The minimum absolute atomic E-state index is 0.0309. The summed E-state index contributed by atoms with van der Waals surface area (Å²) in [5.74, 6) is -0.0309. The van der Waals surface area contributed by atoms with Gasteiger partial charge < -0.3 is 10.1 Å². The normalized spacial score (nSPS) is 27.2. The first-order valence-corrected chi connectivity index (χ1v) is 3.87. The molecule has 1 N–H and O–H groups in total. The van der Waals surface area contributed by atoms with Crippen LogP contribution in [0.15, 0.2) is 0 Å². The van der Waals surface area contributed by atoms with Crippen LogP contribution in [0.2, 0.25) is 0 Å². The number of amides is 1. The van der Waals surface area contributed by atoms with Crippen LogP contribution in [0.25, 0.3) is 0 Å². The maximum atomic E-state index is 11.1. The Morgan fingerprint density at radius 2 is 2.25 bits per heavy atom. The standard InChI is InChI=1S/C8H13NO3/c1-5(10)6-8(2,3)4-12-7(11)9-6/h6H,4H2,1-3H3,(H,9,11). The first kappa shape index (κ1) is 9.03. The van der Waals surface area contributed by atoms with Gasteiger partial charge in [-0.15, -0.1) is 0 Å². The summed E-state index contributed by atoms with van der Waals surface area (Å²) in [4.78, 5) is 21.9. The average Bonchev–Trinajstić information content (AvgIpc) is 1.94. The van der Waals surface area contributed by atoms with Gasteiger partial charge in [0.15, 0.2) is 5.78 Å². The first-order chi connectivity index (χ1) is 5.43. The molecule has 1 aliphatic heterocycles. The van der Waals surface area contributed by atoms with E-state index in [9.17, 15) is 9.59 Å². The molecule has 1 unspecified atom stereocenters. The summed E-state index contributed by atoms with van der Waals surface area (Å²) in [5, 5.41) is 2.50. The Morgan fingerprint density at radius 3 is 2.67 bits per heavy atom. The summed E-state index contributed by atoms with van der Waals surface area (Å²) in [6.07, 6.45) is -0.505. The third kappa shape index (κ3) is 1.57. The fraction of sp³-hybridized carbons (Fsp3) is 0.750. The Kier molecular flexibility index (Phi) is 2.08. The molecule has 0 spiro atoms. The predicted molar refractivity (Wildman–Crippen MR) is 42.7 cm³/mol. The topological polar surface area (TPSA) is 55.4 Å². The summed E-state index contributed by atoms with van der Waals surface area (Å²) in [7, 11) is 0. The highest BCUT2D eigenvalue weighted by Gasteiger charge is 2.39. The number of alkyl carbamates (subject to hydrolysis) is 1. The zero-order valence-electron chi connectivity index (χ0n) is 7.51. The highest BCUT2D eigenvalue weighted by molar-refractivity contribution is 5.87. The lowest BCUT2D eigenvalue weighted by Crippen LogP contribution is -2.56. The second-order valence-corrected chi connectivity index (χ2v) is 3.75. The molecule has 1 saturated heterocycles. The third-order valence-electron chi connectivity index (χ3n) is 2.03. The predicted octanol–water partition coefficient (Wildman–Crippen LogP) is 0.710. The molecule has 1 rings (SSSR count). The summed E-state index contributed by atoms with van der Waals surface area (Å²) in [6.45, 7) is 5.54. The monoisotopic (exact) mass is 171 g/mol. The summed E-state index contributed by atoms with van der Waals surface area (Å²) >= 11 is 0. The van der Waals surface area contributed by atoms with Crippen molar-refractivity contribution in [3.63, 3.8) is 0 Å². The van der Waals surface area contributed by atoms with Crippen molar-refractivity contribution >= 4 is 11.9 Å². The molecule has 0 radical (unpaired) electrons. The first-order valence-electron chi connectivity index (χ1n) is 3.87. The number of carbonyl (C=O) groups is 2. The van der Waals surface area contributed by atoms with Crippen LogP contribution in [0.4, 0.5) is 4.79 Å². The molecule has 1 heterocycles. The van der Waals surface area contributed by atoms with Crippen molar-refractivity contribution < 1.29 is 14.3 Å². The minimum Gasteiger partial charge on any atom is -0.449 e. The number of ether oxygens (including phenoxy) is 1. The van der Waals surface area contributed by atoms with E-state index in [0.717, 1.165) is 0 Å². The molecular formula is C8H13NO3. The van der Waals surface area contributed by atoms with E-state index < -0.39 is 12.1 Å². The second kappa shape index (κ2) is 2.77. The minimum atomic E-state index is -0.505. The van der Waals surface area contributed by atoms with Crippen LogP contribution in [0.5, 0.6) is 0 Å². The van der Waals surface area contributed by atoms with Crippen LogP contribution < -0.4 is 5.32 Å². The van der Waals surface area contributed by atoms with Crippen molar-refractivity contribution in [1.29, 1.82) is 0 Å². The largest absolute Gasteiger partial charge is 0.449 e. The number of nitrogens with one attached hydrogen (secondary N) is 1. The molecule has 4 heteroatoms. The molecule has 68 valence electrons. The van der Waals surface area contributed by atoms with Gasteiger partial charge in [0.05, 0.1) is 6.04 Å². The SMILES string of the molecule is CC(=O)C1NC(=O)OCC1(C)C. The Balaban J connectivity index is 2.78. The highest BCUT2D eigenvalue weighted by Crippen LogP contribution is 2.24. The molecule has 4 nitrogen and oxygen atoms in total. The zero-order valence-corrected chi connectivity index (χ0v) is 7.51. The van der Waals surface area contributed by atoms with Crippen LogP contribution in [0, 0.1) is 5.41 Å². The van der Waals surface area contributed by atoms with Gasteiger partial charge >= 0.3 is 6.09 Å². The molecule has 0 aromatic carbocycles. The zero-order chi connectivity index (χ0) is 9.35. The lowest BCUT2D eigenvalue weighted by molar-refractivity contribution is -0.123. The number of Topliss-reactive ketones (excluding diaryl/α,β-unsaturated/α-hetero) is 1. The number of ketones is 1. The number of hydrogen-bond acceptors (Lipinski definition) is 3. The van der Waals surface area contributed by atoms with E-state index >= 15 is 0 Å². The van der Waals surface area contributed by atoms with Crippen molar-refractivity contribution in [2.24, 2.45) is 5.41 Å². The smallest absolute Gasteiger partial charge is 0.407 e.